The van der Waals surface area contributed by atoms with Gasteiger partial charge in [-0.2, -0.15) is 0 Å². The van der Waals surface area contributed by atoms with Crippen molar-refractivity contribution in [2.45, 2.75) is 6.42 Å². The second kappa shape index (κ2) is 3.27. The SMILES string of the molecule is Nc1cccc2c1CC(C(=O)O)C(=O)N2. The molecule has 1 atom stereocenters. The van der Waals surface area contributed by atoms with Crippen LogP contribution in [0.5, 0.6) is 0 Å². The number of hydrogen-bond donors (Lipinski definition) is 3. The number of anilines is 2. The van der Waals surface area contributed by atoms with Crippen LogP contribution in [-0.2, 0) is 16.0 Å². The van der Waals surface area contributed by atoms with Gasteiger partial charge in [0, 0.05) is 11.4 Å². The maximum Gasteiger partial charge on any atom is 0.316 e. The predicted molar refractivity (Wildman–Crippen MR) is 54.3 cm³/mol. The maximum atomic E-state index is 11.4. The van der Waals surface area contributed by atoms with Crippen LogP contribution < -0.4 is 11.1 Å². The molecule has 0 radical (unpaired) electrons. The number of rotatable bonds is 1. The summed E-state index contributed by atoms with van der Waals surface area (Å²) in [6.45, 7) is 0. The Morgan fingerprint density at radius 1 is 1.53 bits per heavy atom. The van der Waals surface area contributed by atoms with Gasteiger partial charge in [0.05, 0.1) is 0 Å². The van der Waals surface area contributed by atoms with E-state index in [-0.39, 0.29) is 6.42 Å². The van der Waals surface area contributed by atoms with Crippen molar-refractivity contribution in [2.75, 3.05) is 11.1 Å². The maximum absolute atomic E-state index is 11.4. The third kappa shape index (κ3) is 1.52. The molecule has 0 saturated carbocycles. The minimum Gasteiger partial charge on any atom is -0.481 e. The van der Waals surface area contributed by atoms with Gasteiger partial charge in [-0.25, -0.2) is 0 Å². The van der Waals surface area contributed by atoms with Gasteiger partial charge in [0.25, 0.3) is 0 Å². The van der Waals surface area contributed by atoms with Gasteiger partial charge in [-0.3, -0.25) is 9.59 Å². The molecule has 4 N–H and O–H groups in total. The molecule has 1 amide bonds. The molecule has 1 unspecified atom stereocenters. The number of benzene rings is 1. The van der Waals surface area contributed by atoms with Crippen LogP contribution in [-0.4, -0.2) is 17.0 Å². The fraction of sp³-hybridized carbons (Fsp3) is 0.200. The third-order valence-electron chi connectivity index (χ3n) is 2.49. The fourth-order valence-corrected chi connectivity index (χ4v) is 1.67. The van der Waals surface area contributed by atoms with E-state index in [9.17, 15) is 9.59 Å². The molecule has 1 aromatic rings. The molecule has 2 rings (SSSR count). The standard InChI is InChI=1S/C10H10N2O3/c11-7-2-1-3-8-5(7)4-6(10(14)15)9(13)12-8/h1-3,6H,4,11H2,(H,12,13)(H,14,15). The van der Waals surface area contributed by atoms with Gasteiger partial charge in [0.1, 0.15) is 5.92 Å². The van der Waals surface area contributed by atoms with Crippen molar-refractivity contribution in [3.05, 3.63) is 23.8 Å². The summed E-state index contributed by atoms with van der Waals surface area (Å²) in [4.78, 5) is 22.2. The number of nitrogens with two attached hydrogens (primary N) is 1. The Kier molecular flexibility index (Phi) is 2.07. The van der Waals surface area contributed by atoms with Crippen LogP contribution in [0.1, 0.15) is 5.56 Å². The molecular formula is C10H10N2O3. The summed E-state index contributed by atoms with van der Waals surface area (Å²) < 4.78 is 0. The highest BCUT2D eigenvalue weighted by molar-refractivity contribution is 6.07. The lowest BCUT2D eigenvalue weighted by Gasteiger charge is -2.22. The number of carboxylic acids is 1. The Morgan fingerprint density at radius 2 is 2.27 bits per heavy atom. The quantitative estimate of drug-likeness (QED) is 0.460. The molecule has 1 aliphatic heterocycles. The first-order valence-electron chi connectivity index (χ1n) is 4.50. The van der Waals surface area contributed by atoms with Crippen LogP contribution in [0.2, 0.25) is 0 Å². The molecule has 1 aromatic carbocycles. The van der Waals surface area contributed by atoms with Crippen LogP contribution in [0.3, 0.4) is 0 Å². The Hall–Kier alpha value is -2.04. The summed E-state index contributed by atoms with van der Waals surface area (Å²) in [6, 6.07) is 5.12. The normalized spacial score (nSPS) is 19.2. The van der Waals surface area contributed by atoms with E-state index in [0.29, 0.717) is 16.9 Å². The second-order valence-electron chi connectivity index (χ2n) is 3.46. The van der Waals surface area contributed by atoms with Gasteiger partial charge in [-0.05, 0) is 24.1 Å². The zero-order valence-corrected chi connectivity index (χ0v) is 7.86. The number of nitrogen functional groups attached to an aromatic ring is 1. The molecule has 0 spiro atoms. The van der Waals surface area contributed by atoms with Crippen LogP contribution in [0.25, 0.3) is 0 Å². The van der Waals surface area contributed by atoms with Gasteiger partial charge in [0.2, 0.25) is 5.91 Å². The first-order valence-corrected chi connectivity index (χ1v) is 4.50. The van der Waals surface area contributed by atoms with Crippen LogP contribution in [0.4, 0.5) is 11.4 Å². The van der Waals surface area contributed by atoms with E-state index in [1.54, 1.807) is 18.2 Å². The minimum absolute atomic E-state index is 0.156. The Morgan fingerprint density at radius 3 is 2.93 bits per heavy atom. The zero-order chi connectivity index (χ0) is 11.0. The number of carboxylic acid groups (broad SMARTS) is 1. The highest BCUT2D eigenvalue weighted by Crippen LogP contribution is 2.29. The van der Waals surface area contributed by atoms with E-state index in [1.165, 1.54) is 0 Å². The monoisotopic (exact) mass is 206 g/mol. The van der Waals surface area contributed by atoms with E-state index in [0.717, 1.165) is 0 Å². The number of aliphatic carboxylic acids is 1. The van der Waals surface area contributed by atoms with E-state index < -0.39 is 17.8 Å². The van der Waals surface area contributed by atoms with Crippen molar-refractivity contribution >= 4 is 23.3 Å². The van der Waals surface area contributed by atoms with E-state index in [2.05, 4.69) is 5.32 Å². The molecular weight excluding hydrogens is 196 g/mol. The lowest BCUT2D eigenvalue weighted by Crippen LogP contribution is -2.35. The number of amides is 1. The van der Waals surface area contributed by atoms with Crippen molar-refractivity contribution in [3.63, 3.8) is 0 Å². The average molecular weight is 206 g/mol. The summed E-state index contributed by atoms with van der Waals surface area (Å²) in [5.74, 6) is -2.65. The second-order valence-corrected chi connectivity index (χ2v) is 3.46. The van der Waals surface area contributed by atoms with Crippen molar-refractivity contribution < 1.29 is 14.7 Å². The van der Waals surface area contributed by atoms with Crippen LogP contribution in [0.15, 0.2) is 18.2 Å². The molecule has 5 nitrogen and oxygen atoms in total. The van der Waals surface area contributed by atoms with E-state index >= 15 is 0 Å². The number of fused-ring (bicyclic) bond motifs is 1. The Bertz CT molecular complexity index is 442. The van der Waals surface area contributed by atoms with Crippen molar-refractivity contribution in [1.82, 2.24) is 0 Å². The molecule has 0 bridgehead atoms. The molecule has 0 aliphatic carbocycles. The molecule has 1 aliphatic rings. The lowest BCUT2D eigenvalue weighted by molar-refractivity contribution is -0.145. The zero-order valence-electron chi connectivity index (χ0n) is 7.86. The van der Waals surface area contributed by atoms with Crippen molar-refractivity contribution in [2.24, 2.45) is 5.92 Å². The summed E-state index contributed by atoms with van der Waals surface area (Å²) in [5, 5.41) is 11.4. The van der Waals surface area contributed by atoms with Crippen LogP contribution in [0, 0.1) is 5.92 Å². The highest BCUT2D eigenvalue weighted by atomic mass is 16.4. The topological polar surface area (TPSA) is 92.4 Å². The Balaban J connectivity index is 2.43. The molecule has 0 aromatic heterocycles. The van der Waals surface area contributed by atoms with E-state index in [1.807, 2.05) is 0 Å². The average Bonchev–Trinajstić information content (AvgIpc) is 2.16. The number of hydrogen-bond acceptors (Lipinski definition) is 3. The largest absolute Gasteiger partial charge is 0.481 e. The van der Waals surface area contributed by atoms with Crippen LogP contribution >= 0.6 is 0 Å². The van der Waals surface area contributed by atoms with Crippen molar-refractivity contribution in [1.29, 1.82) is 0 Å². The van der Waals surface area contributed by atoms with Gasteiger partial charge < -0.3 is 16.2 Å². The van der Waals surface area contributed by atoms with Crippen molar-refractivity contribution in [3.8, 4) is 0 Å². The number of carbonyl (C=O) groups excluding carboxylic acids is 1. The molecule has 78 valence electrons. The predicted octanol–water partition coefficient (Wildman–Crippen LogP) is 0.464. The molecule has 15 heavy (non-hydrogen) atoms. The lowest BCUT2D eigenvalue weighted by atomic mass is 9.92. The molecule has 5 heteroatoms. The number of nitrogens with one attached hydrogen (secondary N) is 1. The molecule has 0 fully saturated rings. The highest BCUT2D eigenvalue weighted by Gasteiger charge is 2.32. The molecule has 0 saturated heterocycles. The van der Waals surface area contributed by atoms with Gasteiger partial charge >= 0.3 is 5.97 Å². The minimum atomic E-state index is -1.12. The summed E-state index contributed by atoms with van der Waals surface area (Å²) in [6.07, 6.45) is 0.156. The smallest absolute Gasteiger partial charge is 0.316 e. The summed E-state index contributed by atoms with van der Waals surface area (Å²) >= 11 is 0. The number of carbonyl (C=O) groups is 2. The van der Waals surface area contributed by atoms with Gasteiger partial charge in [-0.1, -0.05) is 6.07 Å². The molecule has 1 heterocycles. The first-order chi connectivity index (χ1) is 7.09. The van der Waals surface area contributed by atoms with E-state index in [4.69, 9.17) is 10.8 Å². The summed E-state index contributed by atoms with van der Waals surface area (Å²) in [5.41, 5.74) is 7.53. The first kappa shape index (κ1) is 9.51. The summed E-state index contributed by atoms with van der Waals surface area (Å²) in [7, 11) is 0. The Labute approximate surface area is 85.9 Å². The van der Waals surface area contributed by atoms with Gasteiger partial charge in [0.15, 0.2) is 0 Å². The fourth-order valence-electron chi connectivity index (χ4n) is 1.67. The van der Waals surface area contributed by atoms with Gasteiger partial charge in [-0.15, -0.1) is 0 Å². The third-order valence-corrected chi connectivity index (χ3v) is 2.49.